The zero-order chi connectivity index (χ0) is 13.7. The lowest BCUT2D eigenvalue weighted by Gasteiger charge is -2.05. The van der Waals surface area contributed by atoms with Gasteiger partial charge >= 0.3 is 0 Å². The van der Waals surface area contributed by atoms with Gasteiger partial charge in [-0.15, -0.1) is 0 Å². The van der Waals surface area contributed by atoms with Crippen LogP contribution in [0.25, 0.3) is 0 Å². The Balaban J connectivity index is 2.07. The first-order chi connectivity index (χ1) is 9.19. The van der Waals surface area contributed by atoms with Crippen molar-refractivity contribution >= 4 is 29.0 Å². The van der Waals surface area contributed by atoms with Crippen LogP contribution in [0, 0.1) is 0 Å². The minimum absolute atomic E-state index is 0.252. The van der Waals surface area contributed by atoms with Gasteiger partial charge < -0.3 is 10.6 Å². The molecule has 0 saturated heterocycles. The Hall–Kier alpha value is -2.14. The molecule has 0 spiro atoms. The van der Waals surface area contributed by atoms with Crippen molar-refractivity contribution in [1.29, 1.82) is 0 Å². The van der Waals surface area contributed by atoms with Gasteiger partial charge in [-0.25, -0.2) is 9.97 Å². The molecule has 0 aliphatic heterocycles. The third-order valence-electron chi connectivity index (χ3n) is 2.32. The first-order valence-corrected chi connectivity index (χ1v) is 6.19. The number of nitrogens with zero attached hydrogens (tertiary/aromatic N) is 2. The van der Waals surface area contributed by atoms with Gasteiger partial charge in [0.15, 0.2) is 0 Å². The maximum absolute atomic E-state index is 11.9. The number of aromatic nitrogens is 2. The van der Waals surface area contributed by atoms with Crippen molar-refractivity contribution in [2.75, 3.05) is 17.2 Å². The third-order valence-corrected chi connectivity index (χ3v) is 2.56. The van der Waals surface area contributed by atoms with Crippen LogP contribution in [-0.4, -0.2) is 22.4 Å². The van der Waals surface area contributed by atoms with Crippen LogP contribution >= 0.6 is 11.6 Å². The first kappa shape index (κ1) is 13.3. The van der Waals surface area contributed by atoms with Crippen LogP contribution in [0.2, 0.25) is 5.02 Å². The van der Waals surface area contributed by atoms with Crippen molar-refractivity contribution in [3.05, 3.63) is 47.4 Å². The Labute approximate surface area is 116 Å². The van der Waals surface area contributed by atoms with Gasteiger partial charge in [0.25, 0.3) is 5.91 Å². The molecule has 0 aliphatic rings. The summed E-state index contributed by atoms with van der Waals surface area (Å²) in [6, 6.07) is 6.92. The van der Waals surface area contributed by atoms with E-state index in [9.17, 15) is 4.79 Å². The molecule has 1 aromatic carbocycles. The number of amides is 1. The van der Waals surface area contributed by atoms with Crippen LogP contribution in [0.5, 0.6) is 0 Å². The second-order valence-corrected chi connectivity index (χ2v) is 4.22. The fourth-order valence-corrected chi connectivity index (χ4v) is 1.67. The van der Waals surface area contributed by atoms with Crippen LogP contribution < -0.4 is 10.6 Å². The fraction of sp³-hybridized carbons (Fsp3) is 0.154. The topological polar surface area (TPSA) is 66.9 Å². The molecular formula is C13H13ClN4O. The van der Waals surface area contributed by atoms with Crippen LogP contribution in [0.4, 0.5) is 11.5 Å². The molecule has 2 N–H and O–H groups in total. The number of rotatable bonds is 4. The number of hydrogen-bond acceptors (Lipinski definition) is 4. The maximum atomic E-state index is 11.9. The molecule has 0 unspecified atom stereocenters. The first-order valence-electron chi connectivity index (χ1n) is 5.82. The van der Waals surface area contributed by atoms with Crippen molar-refractivity contribution < 1.29 is 4.79 Å². The van der Waals surface area contributed by atoms with Gasteiger partial charge in [0.2, 0.25) is 0 Å². The molecule has 0 atom stereocenters. The monoisotopic (exact) mass is 276 g/mol. The quantitative estimate of drug-likeness (QED) is 0.901. The van der Waals surface area contributed by atoms with Gasteiger partial charge in [0, 0.05) is 17.3 Å². The third kappa shape index (κ3) is 3.66. The summed E-state index contributed by atoms with van der Waals surface area (Å²) in [7, 11) is 0. The second kappa shape index (κ2) is 6.15. The van der Waals surface area contributed by atoms with Crippen LogP contribution in [0.15, 0.2) is 36.7 Å². The minimum Gasteiger partial charge on any atom is -0.369 e. The van der Waals surface area contributed by atoms with E-state index < -0.39 is 0 Å². The van der Waals surface area contributed by atoms with E-state index in [-0.39, 0.29) is 11.6 Å². The normalized spacial score (nSPS) is 10.0. The molecule has 0 aliphatic carbocycles. The van der Waals surface area contributed by atoms with Crippen LogP contribution in [-0.2, 0) is 0 Å². The zero-order valence-corrected chi connectivity index (χ0v) is 11.1. The predicted octanol–water partition coefficient (Wildman–Crippen LogP) is 2.81. The molecule has 1 heterocycles. The molecule has 2 rings (SSSR count). The van der Waals surface area contributed by atoms with E-state index in [0.29, 0.717) is 16.5 Å². The van der Waals surface area contributed by atoms with E-state index >= 15 is 0 Å². The lowest BCUT2D eigenvalue weighted by Crippen LogP contribution is -2.14. The van der Waals surface area contributed by atoms with Gasteiger partial charge in [-0.1, -0.05) is 17.7 Å². The van der Waals surface area contributed by atoms with E-state index in [1.54, 1.807) is 24.3 Å². The van der Waals surface area contributed by atoms with Crippen LogP contribution in [0.1, 0.15) is 17.4 Å². The van der Waals surface area contributed by atoms with Gasteiger partial charge in [0.05, 0.1) is 12.4 Å². The number of benzene rings is 1. The number of carbonyl (C=O) groups excluding carboxylic acids is 1. The molecule has 19 heavy (non-hydrogen) atoms. The van der Waals surface area contributed by atoms with E-state index in [2.05, 4.69) is 20.6 Å². The summed E-state index contributed by atoms with van der Waals surface area (Å²) >= 11 is 5.84. The molecular weight excluding hydrogens is 264 g/mol. The summed E-state index contributed by atoms with van der Waals surface area (Å²) in [5, 5.41) is 6.27. The highest BCUT2D eigenvalue weighted by Gasteiger charge is 2.08. The smallest absolute Gasteiger partial charge is 0.275 e. The largest absolute Gasteiger partial charge is 0.369 e. The van der Waals surface area contributed by atoms with Gasteiger partial charge in [-0.05, 0) is 25.1 Å². The average molecular weight is 277 g/mol. The van der Waals surface area contributed by atoms with E-state index in [1.165, 1.54) is 12.4 Å². The van der Waals surface area contributed by atoms with Crippen LogP contribution in [0.3, 0.4) is 0 Å². The Morgan fingerprint density at radius 2 is 2.16 bits per heavy atom. The fourth-order valence-electron chi connectivity index (χ4n) is 1.48. The van der Waals surface area contributed by atoms with Gasteiger partial charge in [-0.2, -0.15) is 0 Å². The molecule has 5 nitrogen and oxygen atoms in total. The summed E-state index contributed by atoms with van der Waals surface area (Å²) in [5.74, 6) is 0.319. The van der Waals surface area contributed by atoms with Crippen molar-refractivity contribution in [2.45, 2.75) is 6.92 Å². The summed E-state index contributed by atoms with van der Waals surface area (Å²) in [5.41, 5.74) is 0.872. The average Bonchev–Trinajstić information content (AvgIpc) is 2.40. The summed E-state index contributed by atoms with van der Waals surface area (Å²) in [6.07, 6.45) is 2.95. The number of nitrogens with one attached hydrogen (secondary N) is 2. The lowest BCUT2D eigenvalue weighted by molar-refractivity contribution is 0.102. The molecule has 6 heteroatoms. The minimum atomic E-state index is -0.321. The number of anilines is 2. The highest BCUT2D eigenvalue weighted by Crippen LogP contribution is 2.15. The number of hydrogen-bond donors (Lipinski definition) is 2. The molecule has 0 bridgehead atoms. The Bertz CT molecular complexity index is 571. The van der Waals surface area contributed by atoms with Gasteiger partial charge in [-0.3, -0.25) is 4.79 Å². The van der Waals surface area contributed by atoms with E-state index in [1.807, 2.05) is 6.92 Å². The van der Waals surface area contributed by atoms with E-state index in [0.717, 1.165) is 6.54 Å². The standard InChI is InChI=1S/C13H13ClN4O/c1-2-15-12-8-16-11(7-17-12)13(19)18-10-5-3-4-9(14)6-10/h3-8H,2H2,1H3,(H,15,17)(H,18,19). The van der Waals surface area contributed by atoms with Gasteiger partial charge in [0.1, 0.15) is 11.5 Å². The Morgan fingerprint density at radius 1 is 1.32 bits per heavy atom. The summed E-state index contributed by atoms with van der Waals surface area (Å²) < 4.78 is 0. The maximum Gasteiger partial charge on any atom is 0.275 e. The van der Waals surface area contributed by atoms with Crippen molar-refractivity contribution in [3.8, 4) is 0 Å². The summed E-state index contributed by atoms with van der Waals surface area (Å²) in [4.78, 5) is 20.1. The molecule has 1 amide bonds. The molecule has 0 fully saturated rings. The molecule has 98 valence electrons. The highest BCUT2D eigenvalue weighted by atomic mass is 35.5. The summed E-state index contributed by atoms with van der Waals surface area (Å²) in [6.45, 7) is 2.71. The second-order valence-electron chi connectivity index (χ2n) is 3.78. The van der Waals surface area contributed by atoms with E-state index in [4.69, 9.17) is 11.6 Å². The molecule has 1 aromatic heterocycles. The predicted molar refractivity (Wildman–Crippen MR) is 75.6 cm³/mol. The SMILES string of the molecule is CCNc1cnc(C(=O)Nc2cccc(Cl)c2)cn1. The number of halogens is 1. The highest BCUT2D eigenvalue weighted by molar-refractivity contribution is 6.30. The van der Waals surface area contributed by atoms with Crippen molar-refractivity contribution in [1.82, 2.24) is 9.97 Å². The Kier molecular flexibility index (Phi) is 4.30. The zero-order valence-electron chi connectivity index (χ0n) is 10.4. The van der Waals surface area contributed by atoms with Crippen molar-refractivity contribution in [3.63, 3.8) is 0 Å². The lowest BCUT2D eigenvalue weighted by atomic mass is 10.3. The molecule has 2 aromatic rings. The molecule has 0 saturated carbocycles. The number of carbonyl (C=O) groups is 1. The Morgan fingerprint density at radius 3 is 2.79 bits per heavy atom. The molecule has 0 radical (unpaired) electrons. The van der Waals surface area contributed by atoms with Crippen molar-refractivity contribution in [2.24, 2.45) is 0 Å².